The van der Waals surface area contributed by atoms with E-state index in [0.717, 1.165) is 38.5 Å². The summed E-state index contributed by atoms with van der Waals surface area (Å²) in [6.45, 7) is 2.66. The van der Waals surface area contributed by atoms with Gasteiger partial charge in [-0.3, -0.25) is 0 Å². The summed E-state index contributed by atoms with van der Waals surface area (Å²) in [7, 11) is 1.32. The molecule has 0 bridgehead atoms. The van der Waals surface area contributed by atoms with Crippen LogP contribution in [0.25, 0.3) is 0 Å². The van der Waals surface area contributed by atoms with Gasteiger partial charge < -0.3 is 14.8 Å². The molecule has 1 saturated carbocycles. The first-order valence-corrected chi connectivity index (χ1v) is 9.70. The number of nitrogens with one attached hydrogen (secondary N) is 1. The summed E-state index contributed by atoms with van der Waals surface area (Å²) in [5, 5.41) is 2.68. The Morgan fingerprint density at radius 3 is 2.25 bits per heavy atom. The smallest absolute Gasteiger partial charge is 0.407 e. The lowest BCUT2D eigenvalue weighted by Crippen LogP contribution is -2.47. The predicted molar refractivity (Wildman–Crippen MR) is 94.9 cm³/mol. The molecule has 1 N–H and O–H groups in total. The number of carbonyl (C=O) groups excluding carboxylic acids is 2. The summed E-state index contributed by atoms with van der Waals surface area (Å²) in [4.78, 5) is 23.9. The molecule has 24 heavy (non-hydrogen) atoms. The first-order valence-electron chi connectivity index (χ1n) is 9.70. The number of alkyl carbamates (subject to hydrolysis) is 1. The Bertz CT molecular complexity index is 353. The molecule has 0 aliphatic heterocycles. The first kappa shape index (κ1) is 20.8. The van der Waals surface area contributed by atoms with Gasteiger partial charge in [-0.2, -0.15) is 0 Å². The van der Waals surface area contributed by atoms with Gasteiger partial charge in [-0.25, -0.2) is 9.59 Å². The van der Waals surface area contributed by atoms with Crippen LogP contribution in [-0.4, -0.2) is 31.8 Å². The van der Waals surface area contributed by atoms with Gasteiger partial charge in [0, 0.05) is 0 Å². The quantitative estimate of drug-likeness (QED) is 0.441. The van der Waals surface area contributed by atoms with Crippen molar-refractivity contribution in [1.82, 2.24) is 5.32 Å². The van der Waals surface area contributed by atoms with E-state index in [0.29, 0.717) is 6.61 Å². The number of hydrogen-bond acceptors (Lipinski definition) is 4. The predicted octanol–water partition coefficient (Wildman–Crippen LogP) is 4.59. The van der Waals surface area contributed by atoms with Gasteiger partial charge in [0.25, 0.3) is 0 Å². The number of amides is 1. The number of unbranched alkanes of at least 4 members (excludes halogenated alkanes) is 6. The van der Waals surface area contributed by atoms with Gasteiger partial charge in [0.05, 0.1) is 13.7 Å². The molecule has 140 valence electrons. The maximum absolute atomic E-state index is 12.4. The fraction of sp³-hybridized carbons (Fsp3) is 0.895. The van der Waals surface area contributed by atoms with Crippen LogP contribution in [0, 0.1) is 5.92 Å². The molecule has 0 aromatic rings. The zero-order valence-electron chi connectivity index (χ0n) is 15.5. The van der Waals surface area contributed by atoms with Crippen molar-refractivity contribution in [2.45, 2.75) is 90.0 Å². The number of rotatable bonds is 11. The molecule has 1 aliphatic carbocycles. The molecule has 0 aromatic heterocycles. The molecule has 1 amide bonds. The average Bonchev–Trinajstić information content (AvgIpc) is 2.62. The summed E-state index contributed by atoms with van der Waals surface area (Å²) in [5.41, 5.74) is 0. The number of carbonyl (C=O) groups is 2. The molecule has 1 atom stereocenters. The van der Waals surface area contributed by atoms with Gasteiger partial charge >= 0.3 is 12.1 Å². The van der Waals surface area contributed by atoms with Gasteiger partial charge in [0.1, 0.15) is 6.04 Å². The highest BCUT2D eigenvalue weighted by Crippen LogP contribution is 2.27. The van der Waals surface area contributed by atoms with E-state index >= 15 is 0 Å². The first-order chi connectivity index (χ1) is 11.7. The third-order valence-electron chi connectivity index (χ3n) is 4.83. The highest BCUT2D eigenvalue weighted by Gasteiger charge is 2.32. The lowest BCUT2D eigenvalue weighted by Gasteiger charge is -2.28. The molecule has 1 fully saturated rings. The fourth-order valence-electron chi connectivity index (χ4n) is 3.34. The molecule has 5 heteroatoms. The number of esters is 1. The van der Waals surface area contributed by atoms with E-state index in [1.807, 2.05) is 0 Å². The summed E-state index contributed by atoms with van der Waals surface area (Å²) >= 11 is 0. The maximum atomic E-state index is 12.4. The van der Waals surface area contributed by atoms with Crippen molar-refractivity contribution in [2.24, 2.45) is 5.92 Å². The van der Waals surface area contributed by atoms with E-state index in [1.54, 1.807) is 0 Å². The maximum Gasteiger partial charge on any atom is 0.407 e. The minimum Gasteiger partial charge on any atom is -0.464 e. The van der Waals surface area contributed by atoms with Gasteiger partial charge in [-0.15, -0.1) is 0 Å². The van der Waals surface area contributed by atoms with Crippen LogP contribution in [0.4, 0.5) is 4.79 Å². The largest absolute Gasteiger partial charge is 0.464 e. The van der Waals surface area contributed by atoms with Crippen LogP contribution in [0.5, 0.6) is 0 Å². The molecule has 0 heterocycles. The Kier molecular flexibility index (Phi) is 11.3. The van der Waals surface area contributed by atoms with Crippen LogP contribution in [0.15, 0.2) is 0 Å². The zero-order valence-corrected chi connectivity index (χ0v) is 15.5. The van der Waals surface area contributed by atoms with Crippen molar-refractivity contribution >= 4 is 12.1 Å². The third kappa shape index (κ3) is 8.55. The summed E-state index contributed by atoms with van der Waals surface area (Å²) in [6, 6.07) is -0.567. The Hall–Kier alpha value is -1.26. The van der Waals surface area contributed by atoms with Crippen LogP contribution in [-0.2, 0) is 14.3 Å². The van der Waals surface area contributed by atoms with Gasteiger partial charge in [0.2, 0.25) is 0 Å². The van der Waals surface area contributed by atoms with Crippen LogP contribution in [0.1, 0.15) is 84.0 Å². The van der Waals surface area contributed by atoms with Crippen molar-refractivity contribution in [1.29, 1.82) is 0 Å². The van der Waals surface area contributed by atoms with Crippen LogP contribution >= 0.6 is 0 Å². The second-order valence-electron chi connectivity index (χ2n) is 6.80. The van der Waals surface area contributed by atoms with E-state index in [2.05, 4.69) is 17.0 Å². The van der Waals surface area contributed by atoms with Gasteiger partial charge in [0.15, 0.2) is 0 Å². The van der Waals surface area contributed by atoms with Crippen LogP contribution in [0.2, 0.25) is 0 Å². The molecule has 1 aliphatic rings. The topological polar surface area (TPSA) is 64.6 Å². The normalized spacial score (nSPS) is 16.4. The van der Waals surface area contributed by atoms with Crippen molar-refractivity contribution < 1.29 is 19.1 Å². The average molecular weight is 341 g/mol. The Labute approximate surface area is 146 Å². The Balaban J connectivity index is 2.28. The Morgan fingerprint density at radius 1 is 1.00 bits per heavy atom. The van der Waals surface area contributed by atoms with E-state index in [4.69, 9.17) is 4.74 Å². The minimum absolute atomic E-state index is 0.166. The molecule has 0 saturated heterocycles. The van der Waals surface area contributed by atoms with Gasteiger partial charge in [-0.1, -0.05) is 64.7 Å². The SMILES string of the molecule is CCCCCCCCCOC(=O)C(NC(=O)OC)C1CCCCC1. The monoisotopic (exact) mass is 341 g/mol. The van der Waals surface area contributed by atoms with Crippen LogP contribution < -0.4 is 5.32 Å². The molecule has 5 nitrogen and oxygen atoms in total. The van der Waals surface area contributed by atoms with Gasteiger partial charge in [-0.05, 0) is 25.2 Å². The number of methoxy groups -OCH3 is 1. The second kappa shape index (κ2) is 13.1. The standard InChI is InChI=1S/C19H35NO4/c1-3-4-5-6-7-8-12-15-24-18(21)17(20-19(22)23-2)16-13-10-9-11-14-16/h16-17H,3-15H2,1-2H3,(H,20,22). The molecular weight excluding hydrogens is 306 g/mol. The summed E-state index contributed by atoms with van der Waals surface area (Å²) < 4.78 is 10.1. The number of ether oxygens (including phenoxy) is 2. The summed E-state index contributed by atoms with van der Waals surface area (Å²) in [5.74, 6) is -0.141. The van der Waals surface area contributed by atoms with Crippen molar-refractivity contribution in [3.05, 3.63) is 0 Å². The van der Waals surface area contributed by atoms with E-state index < -0.39 is 12.1 Å². The number of hydrogen-bond donors (Lipinski definition) is 1. The highest BCUT2D eigenvalue weighted by atomic mass is 16.5. The van der Waals surface area contributed by atoms with Crippen LogP contribution in [0.3, 0.4) is 0 Å². The lowest BCUT2D eigenvalue weighted by atomic mass is 9.84. The molecule has 1 rings (SSSR count). The lowest BCUT2D eigenvalue weighted by molar-refractivity contribution is -0.148. The molecule has 0 radical (unpaired) electrons. The highest BCUT2D eigenvalue weighted by molar-refractivity contribution is 5.81. The molecule has 0 aromatic carbocycles. The molecule has 1 unspecified atom stereocenters. The minimum atomic E-state index is -0.567. The van der Waals surface area contributed by atoms with Crippen molar-refractivity contribution in [3.8, 4) is 0 Å². The summed E-state index contributed by atoms with van der Waals surface area (Å²) in [6.07, 6.45) is 13.1. The Morgan fingerprint density at radius 2 is 1.62 bits per heavy atom. The fourth-order valence-corrected chi connectivity index (χ4v) is 3.34. The zero-order chi connectivity index (χ0) is 17.6. The second-order valence-corrected chi connectivity index (χ2v) is 6.80. The van der Waals surface area contributed by atoms with Crippen molar-refractivity contribution in [3.63, 3.8) is 0 Å². The van der Waals surface area contributed by atoms with Crippen molar-refractivity contribution in [2.75, 3.05) is 13.7 Å². The molecule has 0 spiro atoms. The van der Waals surface area contributed by atoms with E-state index in [1.165, 1.54) is 45.6 Å². The van der Waals surface area contributed by atoms with E-state index in [-0.39, 0.29) is 11.9 Å². The van der Waals surface area contributed by atoms with E-state index in [9.17, 15) is 9.59 Å². The molecular formula is C19H35NO4. The third-order valence-corrected chi connectivity index (χ3v) is 4.83.